The van der Waals surface area contributed by atoms with Gasteiger partial charge in [0.2, 0.25) is 5.95 Å². The molecule has 37 heavy (non-hydrogen) atoms. The molecule has 0 bridgehead atoms. The highest BCUT2D eigenvalue weighted by molar-refractivity contribution is 6.06. The average molecular weight is 498 g/mol. The van der Waals surface area contributed by atoms with Gasteiger partial charge in [-0.25, -0.2) is 4.68 Å². The molecule has 1 aromatic heterocycles. The summed E-state index contributed by atoms with van der Waals surface area (Å²) in [5, 5.41) is 11.1. The SMILES string of the molecule is COc1cccc(C2C(C(=O)Nc3ccccc3OC)=C(C)Nc3nc(-c4ccccc4OC)nn32)c1. The molecule has 0 aliphatic carbocycles. The Kier molecular flexibility index (Phi) is 6.51. The fraction of sp³-hybridized carbons (Fsp3) is 0.179. The molecule has 0 fully saturated rings. The lowest BCUT2D eigenvalue weighted by molar-refractivity contribution is -0.113. The van der Waals surface area contributed by atoms with E-state index in [1.54, 1.807) is 38.1 Å². The van der Waals surface area contributed by atoms with Crippen molar-refractivity contribution >= 4 is 17.5 Å². The number of fused-ring (bicyclic) bond motifs is 1. The molecule has 0 saturated heterocycles. The van der Waals surface area contributed by atoms with Crippen LogP contribution in [-0.2, 0) is 4.79 Å². The number of allylic oxidation sites excluding steroid dienone is 1. The summed E-state index contributed by atoms with van der Waals surface area (Å²) in [5.74, 6) is 2.59. The molecule has 5 rings (SSSR count). The Morgan fingerprint density at radius 1 is 0.919 bits per heavy atom. The molecule has 4 aromatic rings. The Labute approximate surface area is 214 Å². The minimum absolute atomic E-state index is 0.290. The van der Waals surface area contributed by atoms with Crippen molar-refractivity contribution < 1.29 is 19.0 Å². The first-order valence-electron chi connectivity index (χ1n) is 11.7. The second-order valence-electron chi connectivity index (χ2n) is 8.40. The van der Waals surface area contributed by atoms with E-state index in [1.165, 1.54) is 0 Å². The number of amides is 1. The van der Waals surface area contributed by atoms with Crippen LogP contribution >= 0.6 is 0 Å². The second kappa shape index (κ2) is 10.1. The minimum Gasteiger partial charge on any atom is -0.497 e. The van der Waals surface area contributed by atoms with Crippen LogP contribution in [0, 0.1) is 0 Å². The molecule has 2 heterocycles. The number of para-hydroxylation sites is 3. The summed E-state index contributed by atoms with van der Waals surface area (Å²) in [6, 6.07) is 21.8. The maximum atomic E-state index is 13.8. The van der Waals surface area contributed by atoms with E-state index in [0.717, 1.165) is 11.1 Å². The highest BCUT2D eigenvalue weighted by Gasteiger charge is 2.35. The van der Waals surface area contributed by atoms with E-state index in [-0.39, 0.29) is 5.91 Å². The van der Waals surface area contributed by atoms with Crippen molar-refractivity contribution in [2.75, 3.05) is 32.0 Å². The third kappa shape index (κ3) is 4.47. The topological polar surface area (TPSA) is 99.5 Å². The lowest BCUT2D eigenvalue weighted by atomic mass is 9.95. The molecule has 1 unspecified atom stereocenters. The number of nitrogens with one attached hydrogen (secondary N) is 2. The Morgan fingerprint density at radius 3 is 2.41 bits per heavy atom. The lowest BCUT2D eigenvalue weighted by Crippen LogP contribution is -2.31. The highest BCUT2D eigenvalue weighted by Crippen LogP contribution is 2.39. The molecule has 9 heteroatoms. The Bertz CT molecular complexity index is 1490. The maximum absolute atomic E-state index is 13.8. The van der Waals surface area contributed by atoms with Crippen LogP contribution < -0.4 is 24.8 Å². The number of rotatable bonds is 7. The average Bonchev–Trinajstić information content (AvgIpc) is 3.35. The summed E-state index contributed by atoms with van der Waals surface area (Å²) in [7, 11) is 4.79. The number of carbonyl (C=O) groups is 1. The lowest BCUT2D eigenvalue weighted by Gasteiger charge is -2.29. The smallest absolute Gasteiger partial charge is 0.255 e. The van der Waals surface area contributed by atoms with Crippen LogP contribution in [0.3, 0.4) is 0 Å². The van der Waals surface area contributed by atoms with Gasteiger partial charge in [0.05, 0.1) is 38.2 Å². The van der Waals surface area contributed by atoms with Gasteiger partial charge in [0, 0.05) is 5.70 Å². The first-order chi connectivity index (χ1) is 18.0. The van der Waals surface area contributed by atoms with Crippen LogP contribution in [-0.4, -0.2) is 42.0 Å². The van der Waals surface area contributed by atoms with Gasteiger partial charge in [-0.15, -0.1) is 5.10 Å². The van der Waals surface area contributed by atoms with Crippen molar-refractivity contribution in [1.29, 1.82) is 0 Å². The number of anilines is 2. The summed E-state index contributed by atoms with van der Waals surface area (Å²) in [6.45, 7) is 1.85. The fourth-order valence-electron chi connectivity index (χ4n) is 4.45. The van der Waals surface area contributed by atoms with E-state index in [1.807, 2.05) is 67.6 Å². The molecule has 1 atom stereocenters. The van der Waals surface area contributed by atoms with Gasteiger partial charge in [0.1, 0.15) is 23.3 Å². The number of hydrogen-bond donors (Lipinski definition) is 2. The molecular weight excluding hydrogens is 470 g/mol. The molecule has 1 aliphatic rings. The van der Waals surface area contributed by atoms with Crippen LogP contribution in [0.25, 0.3) is 11.4 Å². The normalized spacial score (nSPS) is 14.4. The zero-order chi connectivity index (χ0) is 25.9. The van der Waals surface area contributed by atoms with Crippen LogP contribution in [0.5, 0.6) is 17.2 Å². The van der Waals surface area contributed by atoms with E-state index < -0.39 is 6.04 Å². The number of carbonyl (C=O) groups excluding carboxylic acids is 1. The molecule has 0 saturated carbocycles. The van der Waals surface area contributed by atoms with Gasteiger partial charge < -0.3 is 24.8 Å². The molecule has 0 spiro atoms. The van der Waals surface area contributed by atoms with E-state index in [9.17, 15) is 4.79 Å². The predicted molar refractivity (Wildman–Crippen MR) is 141 cm³/mol. The molecule has 0 radical (unpaired) electrons. The Morgan fingerprint density at radius 2 is 1.65 bits per heavy atom. The van der Waals surface area contributed by atoms with Crippen LogP contribution in [0.1, 0.15) is 18.5 Å². The molecule has 1 amide bonds. The van der Waals surface area contributed by atoms with E-state index >= 15 is 0 Å². The number of nitrogens with zero attached hydrogens (tertiary/aromatic N) is 3. The molecule has 1 aliphatic heterocycles. The molecule has 2 N–H and O–H groups in total. The van der Waals surface area contributed by atoms with Crippen molar-refractivity contribution in [3.63, 3.8) is 0 Å². The monoisotopic (exact) mass is 497 g/mol. The van der Waals surface area contributed by atoms with Crippen LogP contribution in [0.2, 0.25) is 0 Å². The standard InChI is InChI=1S/C28H27N5O4/c1-17-24(27(34)30-21-13-6-8-15-23(21)37-4)25(18-10-9-11-19(16-18)35-2)33-28(29-17)31-26(32-33)20-12-5-7-14-22(20)36-3/h5-16,25H,1-4H3,(H,30,34)(H,29,31,32). The zero-order valence-electron chi connectivity index (χ0n) is 21.0. The molecule has 188 valence electrons. The third-order valence-electron chi connectivity index (χ3n) is 6.21. The summed E-state index contributed by atoms with van der Waals surface area (Å²) in [4.78, 5) is 18.5. The molecular formula is C28H27N5O4. The van der Waals surface area contributed by atoms with Crippen LogP contribution in [0.4, 0.5) is 11.6 Å². The summed E-state index contributed by atoms with van der Waals surface area (Å²) in [6.07, 6.45) is 0. The number of aromatic nitrogens is 3. The van der Waals surface area contributed by atoms with Gasteiger partial charge in [-0.3, -0.25) is 4.79 Å². The predicted octanol–water partition coefficient (Wildman–Crippen LogP) is 4.90. The summed E-state index contributed by atoms with van der Waals surface area (Å²) >= 11 is 0. The van der Waals surface area contributed by atoms with E-state index in [2.05, 4.69) is 10.6 Å². The Balaban J connectivity index is 1.63. The second-order valence-corrected chi connectivity index (χ2v) is 8.40. The van der Waals surface area contributed by atoms with Crippen molar-refractivity contribution in [2.24, 2.45) is 0 Å². The summed E-state index contributed by atoms with van der Waals surface area (Å²) in [5.41, 5.74) is 3.28. The highest BCUT2D eigenvalue weighted by atomic mass is 16.5. The number of hydrogen-bond acceptors (Lipinski definition) is 7. The number of ether oxygens (including phenoxy) is 3. The fourth-order valence-corrected chi connectivity index (χ4v) is 4.45. The van der Waals surface area contributed by atoms with Gasteiger partial charge in [-0.1, -0.05) is 36.4 Å². The van der Waals surface area contributed by atoms with Crippen molar-refractivity contribution in [3.8, 4) is 28.6 Å². The quantitative estimate of drug-likeness (QED) is 0.375. The molecule has 9 nitrogen and oxygen atoms in total. The van der Waals surface area contributed by atoms with Crippen molar-refractivity contribution in [3.05, 3.63) is 89.6 Å². The van der Waals surface area contributed by atoms with Crippen LogP contribution in [0.15, 0.2) is 84.1 Å². The van der Waals surface area contributed by atoms with E-state index in [4.69, 9.17) is 24.3 Å². The first-order valence-corrected chi connectivity index (χ1v) is 11.7. The maximum Gasteiger partial charge on any atom is 0.255 e. The minimum atomic E-state index is -0.572. The summed E-state index contributed by atoms with van der Waals surface area (Å²) < 4.78 is 18.2. The van der Waals surface area contributed by atoms with E-state index in [0.29, 0.717) is 46.0 Å². The van der Waals surface area contributed by atoms with Gasteiger partial charge >= 0.3 is 0 Å². The number of methoxy groups -OCH3 is 3. The van der Waals surface area contributed by atoms with Crippen molar-refractivity contribution in [1.82, 2.24) is 14.8 Å². The zero-order valence-corrected chi connectivity index (χ0v) is 21.0. The first kappa shape index (κ1) is 23.9. The van der Waals surface area contributed by atoms with Crippen molar-refractivity contribution in [2.45, 2.75) is 13.0 Å². The van der Waals surface area contributed by atoms with Gasteiger partial charge in [0.25, 0.3) is 5.91 Å². The third-order valence-corrected chi connectivity index (χ3v) is 6.21. The Hall–Kier alpha value is -4.79. The van der Waals surface area contributed by atoms with Gasteiger partial charge in [0.15, 0.2) is 5.82 Å². The van der Waals surface area contributed by atoms with Gasteiger partial charge in [-0.2, -0.15) is 4.98 Å². The number of benzene rings is 3. The largest absolute Gasteiger partial charge is 0.497 e. The molecule has 3 aromatic carbocycles. The van der Waals surface area contributed by atoms with Gasteiger partial charge in [-0.05, 0) is 48.9 Å².